The van der Waals surface area contributed by atoms with E-state index >= 15 is 0 Å². The van der Waals surface area contributed by atoms with Crippen LogP contribution in [0.5, 0.6) is 0 Å². The number of guanidine groups is 1. The van der Waals surface area contributed by atoms with Crippen molar-refractivity contribution in [2.75, 3.05) is 14.1 Å². The second-order valence-corrected chi connectivity index (χ2v) is 6.44. The van der Waals surface area contributed by atoms with Crippen molar-refractivity contribution in [3.05, 3.63) is 53.5 Å². The lowest BCUT2D eigenvalue weighted by atomic mass is 10.4. The first-order chi connectivity index (χ1) is 11.7. The molecule has 0 saturated heterocycles. The Morgan fingerprint density at radius 3 is 2.88 bits per heavy atom. The fourth-order valence-electron chi connectivity index (χ4n) is 2.43. The third kappa shape index (κ3) is 4.85. The first kappa shape index (κ1) is 19.5. The molecule has 0 aliphatic heterocycles. The molecule has 0 aliphatic carbocycles. The predicted octanol–water partition coefficient (Wildman–Crippen LogP) is 3.57. The van der Waals surface area contributed by atoms with Gasteiger partial charge in [-0.25, -0.2) is 4.98 Å². The third-order valence-corrected chi connectivity index (χ3v) is 4.59. The fourth-order valence-corrected chi connectivity index (χ4v) is 3.09. The van der Waals surface area contributed by atoms with Crippen LogP contribution in [-0.4, -0.2) is 34.5 Å². The first-order valence-corrected chi connectivity index (χ1v) is 8.55. The predicted molar refractivity (Wildman–Crippen MR) is 112 cm³/mol. The van der Waals surface area contributed by atoms with Crippen LogP contribution in [0.3, 0.4) is 0 Å². The van der Waals surface area contributed by atoms with Gasteiger partial charge in [0, 0.05) is 33.0 Å². The molecule has 6 nitrogen and oxygen atoms in total. The van der Waals surface area contributed by atoms with Crippen LogP contribution in [0, 0.1) is 0 Å². The van der Waals surface area contributed by atoms with E-state index in [0.29, 0.717) is 12.4 Å². The maximum absolute atomic E-state index is 5.54. The first-order valence-electron chi connectivity index (χ1n) is 7.67. The number of nitrogens with zero attached hydrogens (tertiary/aromatic N) is 4. The molecule has 3 rings (SSSR count). The van der Waals surface area contributed by atoms with Crippen molar-refractivity contribution in [1.82, 2.24) is 19.8 Å². The summed E-state index contributed by atoms with van der Waals surface area (Å²) in [4.78, 5) is 12.0. The van der Waals surface area contributed by atoms with Crippen LogP contribution < -0.4 is 5.32 Å². The summed E-state index contributed by atoms with van der Waals surface area (Å²) in [6, 6.07) is 8.14. The van der Waals surface area contributed by atoms with Gasteiger partial charge in [0.15, 0.2) is 5.96 Å². The molecule has 0 unspecified atom stereocenters. The Bertz CT molecular complexity index is 809. The summed E-state index contributed by atoms with van der Waals surface area (Å²) in [5, 5.41) is 5.34. The van der Waals surface area contributed by atoms with Crippen molar-refractivity contribution in [3.8, 4) is 10.8 Å². The van der Waals surface area contributed by atoms with E-state index in [0.717, 1.165) is 23.1 Å². The lowest BCUT2D eigenvalue weighted by Gasteiger charge is -2.22. The zero-order valence-corrected chi connectivity index (χ0v) is 17.6. The van der Waals surface area contributed by atoms with E-state index in [1.165, 1.54) is 5.69 Å². The van der Waals surface area contributed by atoms with Crippen LogP contribution in [0.15, 0.2) is 51.5 Å². The molecule has 25 heavy (non-hydrogen) atoms. The van der Waals surface area contributed by atoms with Gasteiger partial charge in [-0.1, -0.05) is 6.07 Å². The minimum atomic E-state index is 0. The lowest BCUT2D eigenvalue weighted by Crippen LogP contribution is -2.38. The van der Waals surface area contributed by atoms with E-state index in [-0.39, 0.29) is 24.0 Å². The largest absolute Gasteiger partial charge is 0.443 e. The monoisotopic (exact) mass is 471 g/mol. The molecule has 134 valence electrons. The highest BCUT2D eigenvalue weighted by molar-refractivity contribution is 14.0. The average Bonchev–Trinajstić information content (AvgIpc) is 3.30. The molecule has 1 N–H and O–H groups in total. The summed E-state index contributed by atoms with van der Waals surface area (Å²) in [6.45, 7) is 1.35. The summed E-state index contributed by atoms with van der Waals surface area (Å²) in [5.74, 6) is 1.48. The van der Waals surface area contributed by atoms with Gasteiger partial charge in [-0.05, 0) is 23.6 Å². The number of aromatic nitrogens is 2. The smallest absolute Gasteiger partial charge is 0.236 e. The summed E-state index contributed by atoms with van der Waals surface area (Å²) in [7, 11) is 5.84. The second kappa shape index (κ2) is 9.04. The van der Waals surface area contributed by atoms with Crippen molar-refractivity contribution < 1.29 is 4.42 Å². The van der Waals surface area contributed by atoms with E-state index in [9.17, 15) is 0 Å². The number of oxazole rings is 1. The van der Waals surface area contributed by atoms with Crippen LogP contribution in [-0.2, 0) is 20.1 Å². The van der Waals surface area contributed by atoms with E-state index in [4.69, 9.17) is 4.42 Å². The molecule has 0 fully saturated rings. The molecule has 0 aliphatic rings. The summed E-state index contributed by atoms with van der Waals surface area (Å²) in [6.07, 6.45) is 3.73. The van der Waals surface area contributed by atoms with E-state index < -0.39 is 0 Å². The molecular weight excluding hydrogens is 449 g/mol. The molecule has 0 saturated carbocycles. The molecule has 3 heterocycles. The SMILES string of the molecule is CN=C(NCc1coc(-c2cccs2)n1)N(C)Cc1cccn1C.I. The van der Waals surface area contributed by atoms with Crippen LogP contribution >= 0.6 is 35.3 Å². The number of nitrogens with one attached hydrogen (secondary N) is 1. The maximum Gasteiger partial charge on any atom is 0.236 e. The highest BCUT2D eigenvalue weighted by atomic mass is 127. The maximum atomic E-state index is 5.54. The topological polar surface area (TPSA) is 58.6 Å². The van der Waals surface area contributed by atoms with Gasteiger partial charge < -0.3 is 19.2 Å². The Hall–Kier alpha value is -1.81. The van der Waals surface area contributed by atoms with Gasteiger partial charge in [0.1, 0.15) is 6.26 Å². The van der Waals surface area contributed by atoms with Crippen LogP contribution in [0.2, 0.25) is 0 Å². The van der Waals surface area contributed by atoms with Crippen molar-refractivity contribution in [2.45, 2.75) is 13.1 Å². The number of aryl methyl sites for hydroxylation is 1. The quantitative estimate of drug-likeness (QED) is 0.351. The summed E-state index contributed by atoms with van der Waals surface area (Å²) in [5.41, 5.74) is 2.08. The Morgan fingerprint density at radius 1 is 1.40 bits per heavy atom. The molecule has 0 amide bonds. The van der Waals surface area contributed by atoms with Gasteiger partial charge in [0.2, 0.25) is 5.89 Å². The Labute approximate surface area is 168 Å². The van der Waals surface area contributed by atoms with Crippen molar-refractivity contribution >= 4 is 41.3 Å². The van der Waals surface area contributed by atoms with E-state index in [1.807, 2.05) is 43.9 Å². The fraction of sp³-hybridized carbons (Fsp3) is 0.294. The van der Waals surface area contributed by atoms with Crippen LogP contribution in [0.25, 0.3) is 10.8 Å². The van der Waals surface area contributed by atoms with Gasteiger partial charge >= 0.3 is 0 Å². The Morgan fingerprint density at radius 2 is 2.24 bits per heavy atom. The second-order valence-electron chi connectivity index (χ2n) is 5.49. The van der Waals surface area contributed by atoms with Crippen LogP contribution in [0.1, 0.15) is 11.4 Å². The summed E-state index contributed by atoms with van der Waals surface area (Å²) >= 11 is 1.62. The van der Waals surface area contributed by atoms with Gasteiger partial charge in [-0.3, -0.25) is 4.99 Å². The normalized spacial score (nSPS) is 11.2. The van der Waals surface area contributed by atoms with Gasteiger partial charge in [-0.2, -0.15) is 0 Å². The molecule has 0 bridgehead atoms. The molecular formula is C17H22IN5OS. The number of hydrogen-bond donors (Lipinski definition) is 1. The Balaban J connectivity index is 0.00000225. The molecule has 0 spiro atoms. The minimum Gasteiger partial charge on any atom is -0.443 e. The number of aliphatic imine (C=N–C) groups is 1. The number of thiophene rings is 1. The zero-order valence-electron chi connectivity index (χ0n) is 14.5. The van der Waals surface area contributed by atoms with Crippen molar-refractivity contribution in [2.24, 2.45) is 12.0 Å². The highest BCUT2D eigenvalue weighted by Gasteiger charge is 2.11. The van der Waals surface area contributed by atoms with Crippen LogP contribution in [0.4, 0.5) is 0 Å². The molecule has 8 heteroatoms. The van der Waals surface area contributed by atoms with Crippen molar-refractivity contribution in [3.63, 3.8) is 0 Å². The zero-order chi connectivity index (χ0) is 16.9. The van der Waals surface area contributed by atoms with E-state index in [2.05, 4.69) is 30.8 Å². The third-order valence-electron chi connectivity index (χ3n) is 3.74. The lowest BCUT2D eigenvalue weighted by molar-refractivity contribution is 0.461. The molecule has 3 aromatic rings. The van der Waals surface area contributed by atoms with Crippen molar-refractivity contribution in [1.29, 1.82) is 0 Å². The average molecular weight is 471 g/mol. The highest BCUT2D eigenvalue weighted by Crippen LogP contribution is 2.23. The van der Waals surface area contributed by atoms with Gasteiger partial charge in [0.05, 0.1) is 23.7 Å². The van der Waals surface area contributed by atoms with E-state index in [1.54, 1.807) is 24.6 Å². The molecule has 0 aromatic carbocycles. The summed E-state index contributed by atoms with van der Waals surface area (Å²) < 4.78 is 7.64. The van der Waals surface area contributed by atoms with Gasteiger partial charge in [0.25, 0.3) is 0 Å². The molecule has 0 atom stereocenters. The standard InChI is InChI=1S/C17H21N5OS.HI/c1-18-17(22(3)11-14-6-4-8-21(14)2)19-10-13-12-23-16(20-13)15-7-5-9-24-15;/h4-9,12H,10-11H2,1-3H3,(H,18,19);1H. The number of rotatable bonds is 5. The molecule has 0 radical (unpaired) electrons. The van der Waals surface area contributed by atoms with Gasteiger partial charge in [-0.15, -0.1) is 35.3 Å². The number of hydrogen-bond acceptors (Lipinski definition) is 4. The molecule has 3 aromatic heterocycles. The number of halogens is 1. The Kier molecular flexibility index (Phi) is 7.06. The minimum absolute atomic E-state index is 0.